The van der Waals surface area contributed by atoms with Crippen molar-refractivity contribution in [2.75, 3.05) is 0 Å². The third-order valence-electron chi connectivity index (χ3n) is 3.33. The van der Waals surface area contributed by atoms with Gasteiger partial charge in [-0.15, -0.1) is 0 Å². The maximum absolute atomic E-state index is 12.4. The molecule has 2 aromatic carbocycles. The molecular weight excluding hydrogens is 350 g/mol. The van der Waals surface area contributed by atoms with E-state index in [1.165, 1.54) is 0 Å². The molecule has 0 aliphatic rings. The van der Waals surface area contributed by atoms with Crippen LogP contribution in [0.1, 0.15) is 15.9 Å². The number of halogens is 2. The van der Waals surface area contributed by atoms with Gasteiger partial charge < -0.3 is 0 Å². The zero-order chi connectivity index (χ0) is 14.8. The van der Waals surface area contributed by atoms with Gasteiger partial charge in [0.25, 0.3) is 0 Å². The molecule has 0 radical (unpaired) electrons. The zero-order valence-corrected chi connectivity index (χ0v) is 13.4. The van der Waals surface area contributed by atoms with Crippen LogP contribution < -0.4 is 0 Å². The smallest absolute Gasteiger partial charge is 0.167 e. The summed E-state index contributed by atoms with van der Waals surface area (Å²) in [5.74, 6) is 0.0590. The largest absolute Gasteiger partial charge is 0.294 e. The van der Waals surface area contributed by atoms with E-state index in [0.29, 0.717) is 17.0 Å². The van der Waals surface area contributed by atoms with Crippen molar-refractivity contribution in [3.05, 3.63) is 75.4 Å². The summed E-state index contributed by atoms with van der Waals surface area (Å²) in [5.41, 5.74) is 2.53. The predicted octanol–water partition coefficient (Wildman–Crippen LogP) is 5.08. The molecule has 21 heavy (non-hydrogen) atoms. The molecule has 4 heteroatoms. The Balaban J connectivity index is 1.94. The van der Waals surface area contributed by atoms with E-state index in [4.69, 9.17) is 11.6 Å². The number of rotatable bonds is 3. The van der Waals surface area contributed by atoms with Crippen LogP contribution in [0.2, 0.25) is 5.02 Å². The lowest BCUT2D eigenvalue weighted by Crippen LogP contribution is -2.04. The van der Waals surface area contributed by atoms with Crippen molar-refractivity contribution < 1.29 is 4.79 Å². The lowest BCUT2D eigenvalue weighted by atomic mass is 10.0. The highest BCUT2D eigenvalue weighted by Crippen LogP contribution is 2.24. The fourth-order valence-corrected chi connectivity index (χ4v) is 2.75. The normalized spacial score (nSPS) is 10.8. The minimum Gasteiger partial charge on any atom is -0.294 e. The van der Waals surface area contributed by atoms with Gasteiger partial charge in [0.2, 0.25) is 0 Å². The number of fused-ring (bicyclic) bond motifs is 1. The Morgan fingerprint density at radius 3 is 2.76 bits per heavy atom. The minimum atomic E-state index is 0.0590. The molecule has 104 valence electrons. The number of Topliss-reactive ketones (excluding diaryl/α,β-unsaturated/α-hetero) is 1. The van der Waals surface area contributed by atoms with Crippen LogP contribution in [0.3, 0.4) is 0 Å². The van der Waals surface area contributed by atoms with Crippen molar-refractivity contribution in [3.63, 3.8) is 0 Å². The first kappa shape index (κ1) is 14.2. The molecule has 0 aliphatic heterocycles. The number of hydrogen-bond acceptors (Lipinski definition) is 2. The van der Waals surface area contributed by atoms with Crippen LogP contribution >= 0.6 is 27.5 Å². The summed E-state index contributed by atoms with van der Waals surface area (Å²) in [6.07, 6.45) is 2.08. The highest BCUT2D eigenvalue weighted by Gasteiger charge is 2.11. The Bertz CT molecular complexity index is 827. The predicted molar refractivity (Wildman–Crippen MR) is 88.9 cm³/mol. The van der Waals surface area contributed by atoms with Gasteiger partial charge in [-0.25, -0.2) is 0 Å². The molecule has 0 atom stereocenters. The Kier molecular flexibility index (Phi) is 4.04. The summed E-state index contributed by atoms with van der Waals surface area (Å²) >= 11 is 9.30. The van der Waals surface area contributed by atoms with Gasteiger partial charge in [-0.1, -0.05) is 29.8 Å². The van der Waals surface area contributed by atoms with Crippen LogP contribution in [0, 0.1) is 0 Å². The Morgan fingerprint density at radius 2 is 1.95 bits per heavy atom. The number of nitrogens with zero attached hydrogens (tertiary/aromatic N) is 1. The quantitative estimate of drug-likeness (QED) is 0.610. The zero-order valence-electron chi connectivity index (χ0n) is 11.0. The van der Waals surface area contributed by atoms with Gasteiger partial charge in [0, 0.05) is 28.0 Å². The maximum atomic E-state index is 12.4. The summed E-state index contributed by atoms with van der Waals surface area (Å²) in [7, 11) is 0. The average molecular weight is 361 g/mol. The molecule has 0 unspecified atom stereocenters. The third kappa shape index (κ3) is 2.99. The molecule has 0 fully saturated rings. The van der Waals surface area contributed by atoms with Crippen molar-refractivity contribution in [2.45, 2.75) is 6.42 Å². The third-order valence-corrected chi connectivity index (χ3v) is 4.55. The molecule has 0 saturated carbocycles. The van der Waals surface area contributed by atoms with E-state index in [-0.39, 0.29) is 5.78 Å². The number of benzene rings is 2. The number of aromatic nitrogens is 1. The van der Waals surface area contributed by atoms with Crippen LogP contribution in [0.5, 0.6) is 0 Å². The van der Waals surface area contributed by atoms with E-state index < -0.39 is 0 Å². The number of pyridine rings is 1. The van der Waals surface area contributed by atoms with Crippen molar-refractivity contribution in [3.8, 4) is 0 Å². The highest BCUT2D eigenvalue weighted by atomic mass is 79.9. The number of para-hydroxylation sites is 1. The van der Waals surface area contributed by atoms with E-state index >= 15 is 0 Å². The molecule has 0 aliphatic carbocycles. The molecule has 0 spiro atoms. The van der Waals surface area contributed by atoms with E-state index in [0.717, 1.165) is 20.9 Å². The monoisotopic (exact) mass is 359 g/mol. The molecule has 3 aromatic rings. The summed E-state index contributed by atoms with van der Waals surface area (Å²) in [6.45, 7) is 0. The summed E-state index contributed by atoms with van der Waals surface area (Å²) in [4.78, 5) is 16.7. The summed E-state index contributed by atoms with van der Waals surface area (Å²) in [5, 5.41) is 1.61. The molecule has 0 N–H and O–H groups in total. The fourth-order valence-electron chi connectivity index (χ4n) is 2.25. The average Bonchev–Trinajstić information content (AvgIpc) is 2.50. The van der Waals surface area contributed by atoms with Gasteiger partial charge in [-0.2, -0.15) is 0 Å². The van der Waals surface area contributed by atoms with Crippen LogP contribution in [0.25, 0.3) is 10.9 Å². The lowest BCUT2D eigenvalue weighted by Gasteiger charge is -2.06. The second-order valence-corrected chi connectivity index (χ2v) is 5.98. The van der Waals surface area contributed by atoms with Crippen molar-refractivity contribution in [1.29, 1.82) is 0 Å². The first-order chi connectivity index (χ1) is 10.1. The molecule has 1 heterocycles. The SMILES string of the molecule is O=C(Cc1ccnc2ccccc12)c1ccc(Cl)c(Br)c1. The number of carbonyl (C=O) groups excluding carboxylic acids is 1. The topological polar surface area (TPSA) is 30.0 Å². The molecule has 2 nitrogen and oxygen atoms in total. The lowest BCUT2D eigenvalue weighted by molar-refractivity contribution is 0.0993. The molecule has 1 aromatic heterocycles. The van der Waals surface area contributed by atoms with E-state index in [1.807, 2.05) is 30.3 Å². The van der Waals surface area contributed by atoms with Crippen LogP contribution in [0.4, 0.5) is 0 Å². The van der Waals surface area contributed by atoms with E-state index in [9.17, 15) is 4.79 Å². The number of carbonyl (C=O) groups is 1. The van der Waals surface area contributed by atoms with Gasteiger partial charge in [0.1, 0.15) is 0 Å². The standard InChI is InChI=1S/C17H11BrClNO/c18-14-9-12(5-6-15(14)19)17(21)10-11-7-8-20-16-4-2-1-3-13(11)16/h1-9H,10H2. The maximum Gasteiger partial charge on any atom is 0.167 e. The van der Waals surface area contributed by atoms with E-state index in [2.05, 4.69) is 20.9 Å². The first-order valence-corrected chi connectivity index (χ1v) is 7.63. The van der Waals surface area contributed by atoms with Crippen molar-refractivity contribution >= 4 is 44.2 Å². The molecule has 0 amide bonds. The highest BCUT2D eigenvalue weighted by molar-refractivity contribution is 9.10. The summed E-state index contributed by atoms with van der Waals surface area (Å²) in [6, 6.07) is 15.0. The van der Waals surface area contributed by atoms with Crippen LogP contribution in [0.15, 0.2) is 59.2 Å². The van der Waals surface area contributed by atoms with Crippen LogP contribution in [-0.4, -0.2) is 10.8 Å². The minimum absolute atomic E-state index is 0.0590. The van der Waals surface area contributed by atoms with Gasteiger partial charge in [0.05, 0.1) is 10.5 Å². The second-order valence-electron chi connectivity index (χ2n) is 4.72. The fraction of sp³-hybridized carbons (Fsp3) is 0.0588. The Hall–Kier alpha value is -1.71. The van der Waals surface area contributed by atoms with Crippen molar-refractivity contribution in [2.24, 2.45) is 0 Å². The van der Waals surface area contributed by atoms with Gasteiger partial charge in [-0.05, 0) is 51.8 Å². The molecular formula is C17H11BrClNO. The number of ketones is 1. The van der Waals surface area contributed by atoms with Crippen molar-refractivity contribution in [1.82, 2.24) is 4.98 Å². The Morgan fingerprint density at radius 1 is 1.14 bits per heavy atom. The molecule has 0 saturated heterocycles. The second kappa shape index (κ2) is 5.96. The van der Waals surface area contributed by atoms with Gasteiger partial charge in [0.15, 0.2) is 5.78 Å². The van der Waals surface area contributed by atoms with Crippen LogP contribution in [-0.2, 0) is 6.42 Å². The van der Waals surface area contributed by atoms with E-state index in [1.54, 1.807) is 24.4 Å². The molecule has 0 bridgehead atoms. The van der Waals surface area contributed by atoms with Gasteiger partial charge >= 0.3 is 0 Å². The summed E-state index contributed by atoms with van der Waals surface area (Å²) < 4.78 is 0.731. The molecule has 3 rings (SSSR count). The van der Waals surface area contributed by atoms with Gasteiger partial charge in [-0.3, -0.25) is 9.78 Å². The first-order valence-electron chi connectivity index (χ1n) is 6.46. The Labute approximate surface area is 135 Å². The number of hydrogen-bond donors (Lipinski definition) is 0.